The molecule has 0 saturated carbocycles. The van der Waals surface area contributed by atoms with Gasteiger partial charge in [-0.05, 0) is 38.1 Å². The predicted molar refractivity (Wildman–Crippen MR) is 93.6 cm³/mol. The first-order valence-electron chi connectivity index (χ1n) is 8.73. The van der Waals surface area contributed by atoms with Gasteiger partial charge in [-0.1, -0.05) is 18.2 Å². The van der Waals surface area contributed by atoms with Gasteiger partial charge in [0.25, 0.3) is 0 Å². The molecule has 2 heterocycles. The molecule has 1 aromatic rings. The normalized spacial score (nSPS) is 20.2. The molecule has 6 nitrogen and oxygen atoms in total. The zero-order valence-electron chi connectivity index (χ0n) is 14.1. The topological polar surface area (TPSA) is 69.9 Å². The quantitative estimate of drug-likeness (QED) is 0.874. The summed E-state index contributed by atoms with van der Waals surface area (Å²) in [7, 11) is 0. The van der Waals surface area contributed by atoms with E-state index in [0.29, 0.717) is 6.54 Å². The molecule has 0 unspecified atom stereocenters. The van der Waals surface area contributed by atoms with Crippen LogP contribution >= 0.6 is 0 Å². The Morgan fingerprint density at radius 2 is 1.58 bits per heavy atom. The predicted octanol–water partition coefficient (Wildman–Crippen LogP) is 0.533. The lowest BCUT2D eigenvalue weighted by Crippen LogP contribution is -2.52. The van der Waals surface area contributed by atoms with Crippen LogP contribution in [-0.2, 0) is 9.59 Å². The molecule has 2 fully saturated rings. The van der Waals surface area contributed by atoms with Crippen LogP contribution in [0.1, 0.15) is 12.8 Å². The Bertz CT molecular complexity index is 562. The van der Waals surface area contributed by atoms with Gasteiger partial charge in [0.05, 0.1) is 6.54 Å². The first-order chi connectivity index (χ1) is 11.6. The van der Waals surface area contributed by atoms with Gasteiger partial charge in [-0.2, -0.15) is 0 Å². The average molecular weight is 330 g/mol. The molecule has 0 radical (unpaired) electrons. The van der Waals surface area contributed by atoms with Crippen molar-refractivity contribution in [3.05, 3.63) is 30.3 Å². The lowest BCUT2D eigenvalue weighted by Gasteiger charge is -2.37. The molecule has 0 bridgehead atoms. The Morgan fingerprint density at radius 3 is 2.17 bits per heavy atom. The van der Waals surface area contributed by atoms with Crippen molar-refractivity contribution in [2.75, 3.05) is 50.7 Å². The SMILES string of the molecule is NC(=O)C1CCN(CC(=O)N2CCN(c3ccccc3)CC2)CC1. The van der Waals surface area contributed by atoms with Crippen molar-refractivity contribution in [2.45, 2.75) is 12.8 Å². The molecule has 2 aliphatic heterocycles. The van der Waals surface area contributed by atoms with Gasteiger partial charge in [0, 0.05) is 37.8 Å². The number of likely N-dealkylation sites (tertiary alicyclic amines) is 1. The molecule has 130 valence electrons. The Labute approximate surface area is 143 Å². The Hall–Kier alpha value is -2.08. The van der Waals surface area contributed by atoms with Crippen molar-refractivity contribution < 1.29 is 9.59 Å². The number of piperidine rings is 1. The molecule has 2 amide bonds. The third-order valence-corrected chi connectivity index (χ3v) is 5.10. The van der Waals surface area contributed by atoms with Gasteiger partial charge in [0.1, 0.15) is 0 Å². The van der Waals surface area contributed by atoms with Gasteiger partial charge in [-0.25, -0.2) is 0 Å². The van der Waals surface area contributed by atoms with Crippen LogP contribution in [0.5, 0.6) is 0 Å². The lowest BCUT2D eigenvalue weighted by molar-refractivity contribution is -0.133. The molecule has 2 saturated heterocycles. The highest BCUT2D eigenvalue weighted by atomic mass is 16.2. The number of nitrogens with two attached hydrogens (primary N) is 1. The van der Waals surface area contributed by atoms with Crippen LogP contribution in [0.3, 0.4) is 0 Å². The number of carbonyl (C=O) groups is 2. The van der Waals surface area contributed by atoms with Crippen molar-refractivity contribution in [3.63, 3.8) is 0 Å². The average Bonchev–Trinajstić information content (AvgIpc) is 2.63. The summed E-state index contributed by atoms with van der Waals surface area (Å²) in [5, 5.41) is 0. The highest BCUT2D eigenvalue weighted by Gasteiger charge is 2.27. The van der Waals surface area contributed by atoms with Gasteiger partial charge in [-0.3, -0.25) is 14.5 Å². The van der Waals surface area contributed by atoms with E-state index < -0.39 is 0 Å². The summed E-state index contributed by atoms with van der Waals surface area (Å²) in [6.07, 6.45) is 1.54. The minimum atomic E-state index is -0.210. The number of hydrogen-bond acceptors (Lipinski definition) is 4. The van der Waals surface area contributed by atoms with E-state index in [4.69, 9.17) is 5.73 Å². The summed E-state index contributed by atoms with van der Waals surface area (Å²) in [5.41, 5.74) is 6.57. The van der Waals surface area contributed by atoms with E-state index in [2.05, 4.69) is 21.9 Å². The number of anilines is 1. The molecular weight excluding hydrogens is 304 g/mol. The summed E-state index contributed by atoms with van der Waals surface area (Å²) in [5.74, 6) is -0.0379. The highest BCUT2D eigenvalue weighted by molar-refractivity contribution is 5.79. The Kier molecular flexibility index (Phi) is 5.35. The zero-order valence-corrected chi connectivity index (χ0v) is 14.1. The fourth-order valence-electron chi connectivity index (χ4n) is 3.52. The number of piperazine rings is 1. The van der Waals surface area contributed by atoms with Crippen LogP contribution in [0.4, 0.5) is 5.69 Å². The summed E-state index contributed by atoms with van der Waals surface area (Å²) in [6.45, 7) is 5.30. The second-order valence-electron chi connectivity index (χ2n) is 6.66. The van der Waals surface area contributed by atoms with E-state index in [1.54, 1.807) is 0 Å². The molecular formula is C18H26N4O2. The molecule has 3 rings (SSSR count). The van der Waals surface area contributed by atoms with Crippen molar-refractivity contribution in [3.8, 4) is 0 Å². The number of hydrogen-bond donors (Lipinski definition) is 1. The number of primary amides is 1. The number of benzene rings is 1. The van der Waals surface area contributed by atoms with Crippen LogP contribution < -0.4 is 10.6 Å². The summed E-state index contributed by atoms with van der Waals surface area (Å²) in [4.78, 5) is 30.1. The maximum absolute atomic E-state index is 12.5. The minimum absolute atomic E-state index is 0.0224. The highest BCUT2D eigenvalue weighted by Crippen LogP contribution is 2.18. The van der Waals surface area contributed by atoms with Crippen LogP contribution in [0.25, 0.3) is 0 Å². The van der Waals surface area contributed by atoms with Crippen molar-refractivity contribution in [2.24, 2.45) is 11.7 Å². The van der Waals surface area contributed by atoms with Crippen LogP contribution in [0, 0.1) is 5.92 Å². The maximum atomic E-state index is 12.5. The third-order valence-electron chi connectivity index (χ3n) is 5.10. The first-order valence-corrected chi connectivity index (χ1v) is 8.73. The second kappa shape index (κ2) is 7.66. The van der Waals surface area contributed by atoms with E-state index >= 15 is 0 Å². The summed E-state index contributed by atoms with van der Waals surface area (Å²) < 4.78 is 0. The molecule has 0 aliphatic carbocycles. The zero-order chi connectivity index (χ0) is 16.9. The van der Waals surface area contributed by atoms with Gasteiger partial charge < -0.3 is 15.5 Å². The van der Waals surface area contributed by atoms with Crippen LogP contribution in [0.2, 0.25) is 0 Å². The number of para-hydroxylation sites is 1. The fraction of sp³-hybridized carbons (Fsp3) is 0.556. The molecule has 6 heteroatoms. The lowest BCUT2D eigenvalue weighted by atomic mass is 9.96. The fourth-order valence-corrected chi connectivity index (χ4v) is 3.52. The van der Waals surface area contributed by atoms with Gasteiger partial charge >= 0.3 is 0 Å². The number of carbonyl (C=O) groups excluding carboxylic acids is 2. The molecule has 2 aliphatic rings. The molecule has 1 aromatic carbocycles. The second-order valence-corrected chi connectivity index (χ2v) is 6.66. The van der Waals surface area contributed by atoms with Crippen molar-refractivity contribution >= 4 is 17.5 Å². The minimum Gasteiger partial charge on any atom is -0.369 e. The smallest absolute Gasteiger partial charge is 0.236 e. The van der Waals surface area contributed by atoms with Gasteiger partial charge in [-0.15, -0.1) is 0 Å². The maximum Gasteiger partial charge on any atom is 0.236 e. The molecule has 0 atom stereocenters. The molecule has 24 heavy (non-hydrogen) atoms. The molecule has 0 spiro atoms. The van der Waals surface area contributed by atoms with Crippen molar-refractivity contribution in [1.29, 1.82) is 0 Å². The van der Waals surface area contributed by atoms with E-state index in [-0.39, 0.29) is 17.7 Å². The number of amides is 2. The Morgan fingerprint density at radius 1 is 0.958 bits per heavy atom. The monoisotopic (exact) mass is 330 g/mol. The first kappa shape index (κ1) is 16.8. The largest absolute Gasteiger partial charge is 0.369 e. The van der Waals surface area contributed by atoms with E-state index in [1.807, 2.05) is 23.1 Å². The number of rotatable bonds is 4. The van der Waals surface area contributed by atoms with Crippen LogP contribution in [-0.4, -0.2) is 67.4 Å². The molecule has 0 aromatic heterocycles. The third kappa shape index (κ3) is 4.06. The van der Waals surface area contributed by atoms with E-state index in [9.17, 15) is 9.59 Å². The van der Waals surface area contributed by atoms with E-state index in [0.717, 1.165) is 52.1 Å². The summed E-state index contributed by atoms with van der Waals surface area (Å²) in [6, 6.07) is 10.3. The summed E-state index contributed by atoms with van der Waals surface area (Å²) >= 11 is 0. The standard InChI is InChI=1S/C18H26N4O2/c19-18(24)15-6-8-20(9-7-15)14-17(23)22-12-10-21(11-13-22)16-4-2-1-3-5-16/h1-5,15H,6-14H2,(H2,19,24). The Balaban J connectivity index is 1.43. The van der Waals surface area contributed by atoms with E-state index in [1.165, 1.54) is 5.69 Å². The number of nitrogens with zero attached hydrogens (tertiary/aromatic N) is 3. The molecule has 2 N–H and O–H groups in total. The van der Waals surface area contributed by atoms with Gasteiger partial charge in [0.15, 0.2) is 0 Å². The van der Waals surface area contributed by atoms with Gasteiger partial charge in [0.2, 0.25) is 11.8 Å². The van der Waals surface area contributed by atoms with Crippen molar-refractivity contribution in [1.82, 2.24) is 9.80 Å². The van der Waals surface area contributed by atoms with Crippen LogP contribution in [0.15, 0.2) is 30.3 Å².